The van der Waals surface area contributed by atoms with Crippen LogP contribution in [0.1, 0.15) is 5.56 Å². The maximum atomic E-state index is 6.14. The van der Waals surface area contributed by atoms with Gasteiger partial charge in [0.15, 0.2) is 0 Å². The molecule has 5 heteroatoms. The predicted molar refractivity (Wildman–Crippen MR) is 73.6 cm³/mol. The molecule has 3 aromatic rings. The zero-order valence-electron chi connectivity index (χ0n) is 9.56. The molecule has 18 heavy (non-hydrogen) atoms. The number of hydrogen-bond acceptors (Lipinski definition) is 2. The minimum Gasteiger partial charge on any atom is -0.213 e. The molecular weight excluding hydrogens is 269 g/mol. The Morgan fingerprint density at radius 3 is 2.44 bits per heavy atom. The first-order valence-corrected chi connectivity index (χ1v) is 6.19. The summed E-state index contributed by atoms with van der Waals surface area (Å²) in [6, 6.07) is 11.4. The van der Waals surface area contributed by atoms with Crippen LogP contribution in [0.15, 0.2) is 36.4 Å². The van der Waals surface area contributed by atoms with Crippen molar-refractivity contribution in [2.75, 3.05) is 0 Å². The molecule has 0 aliphatic rings. The lowest BCUT2D eigenvalue weighted by molar-refractivity contribution is 0.824. The number of halogens is 2. The summed E-state index contributed by atoms with van der Waals surface area (Å²) in [5.41, 5.74) is 3.44. The van der Waals surface area contributed by atoms with Gasteiger partial charge >= 0.3 is 0 Å². The molecule has 0 aliphatic carbocycles. The zero-order chi connectivity index (χ0) is 12.7. The second-order valence-corrected chi connectivity index (χ2v) is 4.84. The fraction of sp³-hybridized carbons (Fsp3) is 0.0769. The zero-order valence-corrected chi connectivity index (χ0v) is 11.1. The van der Waals surface area contributed by atoms with Crippen LogP contribution >= 0.6 is 23.2 Å². The molecule has 2 aromatic carbocycles. The van der Waals surface area contributed by atoms with E-state index in [9.17, 15) is 0 Å². The summed E-state index contributed by atoms with van der Waals surface area (Å²) in [7, 11) is 0. The van der Waals surface area contributed by atoms with Gasteiger partial charge < -0.3 is 0 Å². The fourth-order valence-electron chi connectivity index (χ4n) is 1.81. The lowest BCUT2D eigenvalue weighted by atomic mass is 10.2. The molecule has 1 aromatic heterocycles. The van der Waals surface area contributed by atoms with Crippen LogP contribution < -0.4 is 0 Å². The number of hydrogen-bond donors (Lipinski definition) is 0. The van der Waals surface area contributed by atoms with Crippen molar-refractivity contribution in [3.8, 4) is 5.69 Å². The Morgan fingerprint density at radius 1 is 1.06 bits per heavy atom. The van der Waals surface area contributed by atoms with Crippen molar-refractivity contribution in [3.63, 3.8) is 0 Å². The predicted octanol–water partition coefficient (Wildman–Crippen LogP) is 4.04. The summed E-state index contributed by atoms with van der Waals surface area (Å²) >= 11 is 12.3. The van der Waals surface area contributed by atoms with Gasteiger partial charge in [0.1, 0.15) is 5.52 Å². The highest BCUT2D eigenvalue weighted by atomic mass is 35.5. The molecule has 90 valence electrons. The molecule has 0 bridgehead atoms. The van der Waals surface area contributed by atoms with Crippen LogP contribution in [0.25, 0.3) is 16.7 Å². The third kappa shape index (κ3) is 1.76. The van der Waals surface area contributed by atoms with Crippen molar-refractivity contribution in [2.24, 2.45) is 0 Å². The Morgan fingerprint density at radius 2 is 1.72 bits per heavy atom. The average Bonchev–Trinajstić information content (AvgIpc) is 2.79. The van der Waals surface area contributed by atoms with Crippen LogP contribution in [0.3, 0.4) is 0 Å². The van der Waals surface area contributed by atoms with E-state index < -0.39 is 0 Å². The van der Waals surface area contributed by atoms with Gasteiger partial charge in [-0.15, -0.1) is 5.10 Å². The van der Waals surface area contributed by atoms with E-state index in [0.29, 0.717) is 10.0 Å². The SMILES string of the molecule is Cc1c(Cl)cc(-n2nnc3ccccc32)cc1Cl. The van der Waals surface area contributed by atoms with Crippen LogP contribution in [-0.2, 0) is 0 Å². The topological polar surface area (TPSA) is 30.7 Å². The third-order valence-electron chi connectivity index (χ3n) is 2.86. The van der Waals surface area contributed by atoms with Gasteiger partial charge in [-0.25, -0.2) is 4.68 Å². The minimum absolute atomic E-state index is 0.622. The highest BCUT2D eigenvalue weighted by Crippen LogP contribution is 2.28. The van der Waals surface area contributed by atoms with E-state index in [1.165, 1.54) is 0 Å². The van der Waals surface area contributed by atoms with E-state index in [2.05, 4.69) is 10.3 Å². The lowest BCUT2D eigenvalue weighted by Crippen LogP contribution is -1.97. The van der Waals surface area contributed by atoms with E-state index >= 15 is 0 Å². The first kappa shape index (κ1) is 11.5. The molecule has 0 unspecified atom stereocenters. The second kappa shape index (κ2) is 4.26. The molecule has 0 saturated heterocycles. The van der Waals surface area contributed by atoms with Gasteiger partial charge in [-0.1, -0.05) is 40.5 Å². The Hall–Kier alpha value is -1.58. The molecule has 1 heterocycles. The third-order valence-corrected chi connectivity index (χ3v) is 3.65. The maximum Gasteiger partial charge on any atom is 0.113 e. The summed E-state index contributed by atoms with van der Waals surface area (Å²) in [6.45, 7) is 1.88. The smallest absolute Gasteiger partial charge is 0.113 e. The molecule has 3 nitrogen and oxygen atoms in total. The largest absolute Gasteiger partial charge is 0.213 e. The first-order valence-electron chi connectivity index (χ1n) is 5.43. The van der Waals surface area contributed by atoms with E-state index in [1.807, 2.05) is 43.3 Å². The Kier molecular flexibility index (Phi) is 2.73. The van der Waals surface area contributed by atoms with Crippen LogP contribution in [0.4, 0.5) is 0 Å². The molecule has 0 spiro atoms. The quantitative estimate of drug-likeness (QED) is 0.672. The van der Waals surface area contributed by atoms with Gasteiger partial charge in [0, 0.05) is 10.0 Å². The van der Waals surface area contributed by atoms with E-state index in [1.54, 1.807) is 4.68 Å². The molecule has 0 fully saturated rings. The number of rotatable bonds is 1. The molecule has 0 amide bonds. The number of fused-ring (bicyclic) bond motifs is 1. The first-order chi connectivity index (χ1) is 8.66. The summed E-state index contributed by atoms with van der Waals surface area (Å²) in [5.74, 6) is 0. The van der Waals surface area contributed by atoms with Crippen molar-refractivity contribution < 1.29 is 0 Å². The number of benzene rings is 2. The van der Waals surface area contributed by atoms with E-state index in [0.717, 1.165) is 22.3 Å². The van der Waals surface area contributed by atoms with Crippen molar-refractivity contribution in [1.29, 1.82) is 0 Å². The van der Waals surface area contributed by atoms with Gasteiger partial charge in [0.25, 0.3) is 0 Å². The number of para-hydroxylation sites is 1. The summed E-state index contributed by atoms with van der Waals surface area (Å²) < 4.78 is 1.73. The minimum atomic E-state index is 0.622. The van der Waals surface area contributed by atoms with Crippen molar-refractivity contribution in [2.45, 2.75) is 6.92 Å². The van der Waals surface area contributed by atoms with Crippen molar-refractivity contribution in [1.82, 2.24) is 15.0 Å². The summed E-state index contributed by atoms with van der Waals surface area (Å²) in [5, 5.41) is 9.48. The normalized spacial score (nSPS) is 11.1. The second-order valence-electron chi connectivity index (χ2n) is 4.02. The van der Waals surface area contributed by atoms with Crippen LogP contribution in [0.5, 0.6) is 0 Å². The highest BCUT2D eigenvalue weighted by Gasteiger charge is 2.09. The summed E-state index contributed by atoms with van der Waals surface area (Å²) in [6.07, 6.45) is 0. The molecule has 3 rings (SSSR count). The molecule has 0 N–H and O–H groups in total. The molecule has 0 aliphatic heterocycles. The van der Waals surface area contributed by atoms with E-state index in [4.69, 9.17) is 23.2 Å². The average molecular weight is 278 g/mol. The Balaban J connectivity index is 2.26. The highest BCUT2D eigenvalue weighted by molar-refractivity contribution is 6.36. The van der Waals surface area contributed by atoms with Gasteiger partial charge in [0.05, 0.1) is 11.2 Å². The van der Waals surface area contributed by atoms with Gasteiger partial charge in [-0.2, -0.15) is 0 Å². The monoisotopic (exact) mass is 277 g/mol. The van der Waals surface area contributed by atoms with Crippen molar-refractivity contribution >= 4 is 34.2 Å². The number of aromatic nitrogens is 3. The van der Waals surface area contributed by atoms with Gasteiger partial charge in [-0.3, -0.25) is 0 Å². The van der Waals surface area contributed by atoms with Crippen LogP contribution in [0, 0.1) is 6.92 Å². The van der Waals surface area contributed by atoms with Crippen LogP contribution in [0.2, 0.25) is 10.0 Å². The summed E-state index contributed by atoms with van der Waals surface area (Å²) in [4.78, 5) is 0. The molecule has 0 radical (unpaired) electrons. The maximum absolute atomic E-state index is 6.14. The standard InChI is InChI=1S/C13H9Cl2N3/c1-8-10(14)6-9(7-11(8)15)18-13-5-3-2-4-12(13)16-17-18/h2-7H,1H3. The van der Waals surface area contributed by atoms with Gasteiger partial charge in [-0.05, 0) is 36.8 Å². The Labute approximate surface area is 114 Å². The lowest BCUT2D eigenvalue weighted by Gasteiger charge is -2.06. The van der Waals surface area contributed by atoms with E-state index in [-0.39, 0.29) is 0 Å². The Bertz CT molecular complexity index is 711. The molecular formula is C13H9Cl2N3. The molecule has 0 saturated carbocycles. The van der Waals surface area contributed by atoms with Crippen LogP contribution in [-0.4, -0.2) is 15.0 Å². The van der Waals surface area contributed by atoms with Crippen molar-refractivity contribution in [3.05, 3.63) is 52.0 Å². The molecule has 0 atom stereocenters. The fourth-order valence-corrected chi connectivity index (χ4v) is 2.29. The number of nitrogens with zero attached hydrogens (tertiary/aromatic N) is 3. The van der Waals surface area contributed by atoms with Gasteiger partial charge in [0.2, 0.25) is 0 Å².